The van der Waals surface area contributed by atoms with Crippen LogP contribution in [0.4, 0.5) is 0 Å². The van der Waals surface area contributed by atoms with Gasteiger partial charge in [0.1, 0.15) is 0 Å². The summed E-state index contributed by atoms with van der Waals surface area (Å²) in [6.45, 7) is 9.33. The summed E-state index contributed by atoms with van der Waals surface area (Å²) in [4.78, 5) is 0. The fourth-order valence-corrected chi connectivity index (χ4v) is 5.25. The normalized spacial score (nSPS) is 31.7. The smallest absolute Gasteiger partial charge is 0.187 e. The van der Waals surface area contributed by atoms with Crippen LogP contribution in [0.5, 0.6) is 0 Å². The Kier molecular flexibility index (Phi) is 4.20. The Morgan fingerprint density at radius 3 is 2.57 bits per heavy atom. The van der Waals surface area contributed by atoms with Gasteiger partial charge in [0.25, 0.3) is 0 Å². The van der Waals surface area contributed by atoms with Gasteiger partial charge in [0, 0.05) is 0 Å². The molecule has 0 saturated carbocycles. The zero-order valence-corrected chi connectivity index (χ0v) is 11.4. The van der Waals surface area contributed by atoms with Crippen LogP contribution in [0.25, 0.3) is 0 Å². The summed E-state index contributed by atoms with van der Waals surface area (Å²) in [6, 6.07) is 1.36. The van der Waals surface area contributed by atoms with Crippen molar-refractivity contribution in [2.24, 2.45) is 0 Å². The Labute approximate surface area is 90.4 Å². The van der Waals surface area contributed by atoms with Gasteiger partial charge in [-0.1, -0.05) is 32.6 Å². The van der Waals surface area contributed by atoms with Gasteiger partial charge in [0.2, 0.25) is 0 Å². The predicted molar refractivity (Wildman–Crippen MR) is 65.2 cm³/mol. The summed E-state index contributed by atoms with van der Waals surface area (Å²) in [5, 5.41) is 0. The molecule has 1 atom stereocenters. The Morgan fingerprint density at radius 2 is 2.00 bits per heavy atom. The van der Waals surface area contributed by atoms with E-state index in [1.165, 1.54) is 44.6 Å². The molecule has 1 nitrogen and oxygen atoms in total. The molecular formula is C12H26OSi. The van der Waals surface area contributed by atoms with Gasteiger partial charge >= 0.3 is 0 Å². The standard InChI is InChI=1S/C12H26OSi/c1-5-6-7-9-12(2)10-8-11-14(3,4)13-12/h5-11H2,1-4H3. The van der Waals surface area contributed by atoms with Gasteiger partial charge < -0.3 is 4.43 Å². The number of hydrogen-bond acceptors (Lipinski definition) is 1. The minimum atomic E-state index is -1.29. The van der Waals surface area contributed by atoms with E-state index in [-0.39, 0.29) is 5.60 Å². The lowest BCUT2D eigenvalue weighted by Gasteiger charge is -2.42. The fourth-order valence-electron chi connectivity index (χ4n) is 2.58. The SMILES string of the molecule is CCCCCC1(C)CCC[Si](C)(C)O1. The molecule has 1 heterocycles. The van der Waals surface area contributed by atoms with E-state index >= 15 is 0 Å². The van der Waals surface area contributed by atoms with E-state index in [9.17, 15) is 0 Å². The highest BCUT2D eigenvalue weighted by Crippen LogP contribution is 2.36. The van der Waals surface area contributed by atoms with Crippen molar-refractivity contribution in [3.05, 3.63) is 0 Å². The van der Waals surface area contributed by atoms with Crippen molar-refractivity contribution in [3.8, 4) is 0 Å². The van der Waals surface area contributed by atoms with E-state index in [0.717, 1.165) is 0 Å². The van der Waals surface area contributed by atoms with E-state index in [2.05, 4.69) is 26.9 Å². The van der Waals surface area contributed by atoms with Gasteiger partial charge in [-0.2, -0.15) is 0 Å². The summed E-state index contributed by atoms with van der Waals surface area (Å²) in [5.41, 5.74) is 0.225. The highest BCUT2D eigenvalue weighted by atomic mass is 28.4. The van der Waals surface area contributed by atoms with Crippen LogP contribution in [-0.4, -0.2) is 13.9 Å². The summed E-state index contributed by atoms with van der Waals surface area (Å²) in [7, 11) is -1.29. The lowest BCUT2D eigenvalue weighted by molar-refractivity contribution is 0.0419. The molecule has 0 bridgehead atoms. The summed E-state index contributed by atoms with van der Waals surface area (Å²) in [5.74, 6) is 0. The average Bonchev–Trinajstić information content (AvgIpc) is 2.01. The first-order valence-corrected chi connectivity index (χ1v) is 9.29. The first kappa shape index (κ1) is 12.2. The minimum absolute atomic E-state index is 0.225. The van der Waals surface area contributed by atoms with Crippen LogP contribution in [0.2, 0.25) is 19.1 Å². The molecule has 1 rings (SSSR count). The molecular weight excluding hydrogens is 188 g/mol. The molecule has 1 unspecified atom stereocenters. The molecule has 84 valence electrons. The molecule has 1 fully saturated rings. The van der Waals surface area contributed by atoms with Crippen molar-refractivity contribution in [2.45, 2.75) is 77.1 Å². The second kappa shape index (κ2) is 4.80. The number of rotatable bonds is 4. The first-order valence-electron chi connectivity index (χ1n) is 6.18. The molecule has 14 heavy (non-hydrogen) atoms. The lowest BCUT2D eigenvalue weighted by Crippen LogP contribution is -2.46. The van der Waals surface area contributed by atoms with Crippen molar-refractivity contribution in [3.63, 3.8) is 0 Å². The van der Waals surface area contributed by atoms with Crippen molar-refractivity contribution in [1.29, 1.82) is 0 Å². The molecule has 0 aliphatic carbocycles. The molecule has 0 spiro atoms. The van der Waals surface area contributed by atoms with E-state index in [1.54, 1.807) is 0 Å². The van der Waals surface area contributed by atoms with E-state index in [4.69, 9.17) is 4.43 Å². The van der Waals surface area contributed by atoms with E-state index in [1.807, 2.05) is 0 Å². The third-order valence-corrected chi connectivity index (χ3v) is 5.92. The Bertz CT molecular complexity index is 179. The third-order valence-electron chi connectivity index (χ3n) is 3.32. The molecule has 0 aromatic carbocycles. The molecule has 1 aliphatic heterocycles. The molecule has 0 N–H and O–H groups in total. The summed E-state index contributed by atoms with van der Waals surface area (Å²) in [6.07, 6.45) is 7.97. The van der Waals surface area contributed by atoms with Crippen molar-refractivity contribution >= 4 is 8.32 Å². The van der Waals surface area contributed by atoms with E-state index < -0.39 is 8.32 Å². The van der Waals surface area contributed by atoms with Crippen molar-refractivity contribution < 1.29 is 4.43 Å². The van der Waals surface area contributed by atoms with Crippen LogP contribution in [0.3, 0.4) is 0 Å². The molecule has 2 heteroatoms. The predicted octanol–water partition coefficient (Wildman–Crippen LogP) is 4.34. The monoisotopic (exact) mass is 214 g/mol. The summed E-state index contributed by atoms with van der Waals surface area (Å²) < 4.78 is 6.35. The fraction of sp³-hybridized carbons (Fsp3) is 1.00. The highest BCUT2D eigenvalue weighted by Gasteiger charge is 2.37. The van der Waals surface area contributed by atoms with Gasteiger partial charge in [-0.3, -0.25) is 0 Å². The number of unbranched alkanes of at least 4 members (excludes halogenated alkanes) is 2. The maximum atomic E-state index is 6.35. The maximum absolute atomic E-state index is 6.35. The van der Waals surface area contributed by atoms with Crippen LogP contribution in [0, 0.1) is 0 Å². The molecule has 0 aromatic rings. The third kappa shape index (κ3) is 3.74. The quantitative estimate of drug-likeness (QED) is 0.499. The Hall–Kier alpha value is 0.177. The van der Waals surface area contributed by atoms with Gasteiger partial charge in [-0.05, 0) is 38.9 Å². The zero-order chi connectivity index (χ0) is 10.7. The van der Waals surface area contributed by atoms with Crippen LogP contribution < -0.4 is 0 Å². The van der Waals surface area contributed by atoms with Gasteiger partial charge in [-0.25, -0.2) is 0 Å². The Morgan fingerprint density at radius 1 is 1.29 bits per heavy atom. The molecule has 0 aromatic heterocycles. The highest BCUT2D eigenvalue weighted by molar-refractivity contribution is 6.71. The average molecular weight is 214 g/mol. The summed E-state index contributed by atoms with van der Waals surface area (Å²) >= 11 is 0. The van der Waals surface area contributed by atoms with Crippen LogP contribution in [0.15, 0.2) is 0 Å². The van der Waals surface area contributed by atoms with E-state index in [0.29, 0.717) is 0 Å². The second-order valence-electron chi connectivity index (χ2n) is 5.62. The number of hydrogen-bond donors (Lipinski definition) is 0. The largest absolute Gasteiger partial charge is 0.412 e. The zero-order valence-electron chi connectivity index (χ0n) is 10.4. The minimum Gasteiger partial charge on any atom is -0.412 e. The second-order valence-corrected chi connectivity index (χ2v) is 9.85. The van der Waals surface area contributed by atoms with Gasteiger partial charge in [0.15, 0.2) is 8.32 Å². The molecule has 1 saturated heterocycles. The van der Waals surface area contributed by atoms with Crippen LogP contribution in [-0.2, 0) is 4.43 Å². The van der Waals surface area contributed by atoms with Gasteiger partial charge in [0.05, 0.1) is 5.60 Å². The van der Waals surface area contributed by atoms with Gasteiger partial charge in [-0.15, -0.1) is 0 Å². The first-order chi connectivity index (χ1) is 6.47. The lowest BCUT2D eigenvalue weighted by atomic mass is 9.93. The molecule has 0 amide bonds. The Balaban J connectivity index is 2.39. The maximum Gasteiger partial charge on any atom is 0.187 e. The topological polar surface area (TPSA) is 9.23 Å². The molecule has 0 radical (unpaired) electrons. The van der Waals surface area contributed by atoms with Crippen molar-refractivity contribution in [2.75, 3.05) is 0 Å². The molecule has 1 aliphatic rings. The van der Waals surface area contributed by atoms with Crippen molar-refractivity contribution in [1.82, 2.24) is 0 Å². The van der Waals surface area contributed by atoms with Crippen LogP contribution in [0.1, 0.15) is 52.4 Å². The van der Waals surface area contributed by atoms with Crippen LogP contribution >= 0.6 is 0 Å².